The van der Waals surface area contributed by atoms with E-state index in [1.54, 1.807) is 6.07 Å². The molecule has 20 heavy (non-hydrogen) atoms. The molecule has 0 unspecified atom stereocenters. The van der Waals surface area contributed by atoms with E-state index in [0.29, 0.717) is 5.56 Å². The van der Waals surface area contributed by atoms with Crippen molar-refractivity contribution in [3.63, 3.8) is 0 Å². The van der Waals surface area contributed by atoms with Gasteiger partial charge in [-0.25, -0.2) is 0 Å². The van der Waals surface area contributed by atoms with Crippen molar-refractivity contribution >= 4 is 30.3 Å². The summed E-state index contributed by atoms with van der Waals surface area (Å²) in [6.45, 7) is 9.36. The molecular formula is C14H24ClNO3Si. The first kappa shape index (κ1) is 21.0. The number of aliphatic carboxylic acids is 1. The lowest BCUT2D eigenvalue weighted by molar-refractivity contribution is -0.134. The van der Waals surface area contributed by atoms with Crippen LogP contribution in [0.2, 0.25) is 19.6 Å². The van der Waals surface area contributed by atoms with E-state index in [2.05, 4.69) is 19.6 Å². The van der Waals surface area contributed by atoms with Gasteiger partial charge >= 0.3 is 0 Å². The van der Waals surface area contributed by atoms with Gasteiger partial charge in [0.15, 0.2) is 0 Å². The number of amides is 1. The van der Waals surface area contributed by atoms with Crippen LogP contribution in [-0.2, 0) is 11.2 Å². The van der Waals surface area contributed by atoms with Crippen LogP contribution in [0.15, 0.2) is 24.3 Å². The third-order valence-electron chi connectivity index (χ3n) is 1.66. The predicted octanol–water partition coefficient (Wildman–Crippen LogP) is 3.50. The molecule has 6 heteroatoms. The van der Waals surface area contributed by atoms with E-state index in [1.165, 1.54) is 0 Å². The highest BCUT2D eigenvalue weighted by Crippen LogP contribution is 2.07. The summed E-state index contributed by atoms with van der Waals surface area (Å²) in [5, 5.41) is 7.42. The second kappa shape index (κ2) is 10.5. The molecule has 1 aromatic rings. The number of benzene rings is 1. The number of hydrogen-bond acceptors (Lipinski definition) is 2. The first-order chi connectivity index (χ1) is 8.99. The molecule has 0 aliphatic heterocycles. The molecule has 0 heterocycles. The van der Waals surface area contributed by atoms with Crippen molar-refractivity contribution in [3.8, 4) is 0 Å². The number of primary amides is 1. The fourth-order valence-corrected chi connectivity index (χ4v) is 1.07. The third kappa shape index (κ3) is 16.7. The highest BCUT2D eigenvalue weighted by molar-refractivity contribution is 7.18. The molecule has 0 spiro atoms. The number of carbonyl (C=O) groups excluding carboxylic acids is 1. The normalized spacial score (nSPS) is 9.50. The van der Waals surface area contributed by atoms with Crippen molar-refractivity contribution < 1.29 is 14.7 Å². The predicted molar refractivity (Wildman–Crippen MR) is 86.8 cm³/mol. The van der Waals surface area contributed by atoms with Gasteiger partial charge in [-0.1, -0.05) is 44.8 Å². The van der Waals surface area contributed by atoms with Crippen molar-refractivity contribution in [1.29, 1.82) is 0 Å². The molecule has 0 saturated heterocycles. The van der Waals surface area contributed by atoms with Crippen LogP contribution in [0.3, 0.4) is 0 Å². The van der Waals surface area contributed by atoms with Gasteiger partial charge in [0, 0.05) is 12.5 Å². The number of carboxylic acid groups (broad SMARTS) is 1. The van der Waals surface area contributed by atoms with E-state index in [4.69, 9.17) is 26.7 Å². The van der Waals surface area contributed by atoms with Gasteiger partial charge in [-0.2, -0.15) is 11.1 Å². The molecule has 0 radical (unpaired) electrons. The average Bonchev–Trinajstić information content (AvgIpc) is 2.25. The Morgan fingerprint density at radius 3 is 1.85 bits per heavy atom. The van der Waals surface area contributed by atoms with Gasteiger partial charge in [0.2, 0.25) is 5.91 Å². The molecule has 0 bridgehead atoms. The Hall–Kier alpha value is -1.33. The van der Waals surface area contributed by atoms with E-state index in [0.717, 1.165) is 18.9 Å². The van der Waals surface area contributed by atoms with Crippen LogP contribution in [-0.4, -0.2) is 24.4 Å². The lowest BCUT2D eigenvalue weighted by Gasteiger charge is -2.01. The second-order valence-electron chi connectivity index (χ2n) is 4.96. The van der Waals surface area contributed by atoms with Gasteiger partial charge in [-0.15, -0.1) is 0 Å². The van der Waals surface area contributed by atoms with Gasteiger partial charge < -0.3 is 10.8 Å². The van der Waals surface area contributed by atoms with Crippen LogP contribution in [0.25, 0.3) is 0 Å². The Bertz CT molecular complexity index is 421. The molecule has 0 aliphatic carbocycles. The van der Waals surface area contributed by atoms with Gasteiger partial charge in [-0.3, -0.25) is 9.59 Å². The largest absolute Gasteiger partial charge is 0.481 e. The molecule has 0 saturated carbocycles. The molecule has 0 aromatic heterocycles. The van der Waals surface area contributed by atoms with Crippen LogP contribution in [0.4, 0.5) is 0 Å². The molecule has 3 N–H and O–H groups in total. The smallest absolute Gasteiger partial charge is 0.300 e. The van der Waals surface area contributed by atoms with Crippen LogP contribution >= 0.6 is 11.1 Å². The average molecular weight is 318 g/mol. The van der Waals surface area contributed by atoms with Crippen LogP contribution < -0.4 is 5.73 Å². The van der Waals surface area contributed by atoms with E-state index >= 15 is 0 Å². The van der Waals surface area contributed by atoms with E-state index < -0.39 is 13.4 Å². The van der Waals surface area contributed by atoms with E-state index in [-0.39, 0.29) is 5.91 Å². The van der Waals surface area contributed by atoms with Crippen molar-refractivity contribution in [2.75, 3.05) is 0 Å². The summed E-state index contributed by atoms with van der Waals surface area (Å²) >= 11 is 5.67. The Balaban J connectivity index is 0. The molecule has 0 aliphatic rings. The molecule has 0 fully saturated rings. The number of aryl methyl sites for hydroxylation is 1. The zero-order valence-corrected chi connectivity index (χ0v) is 14.5. The SMILES string of the molecule is CC(=O)O.CCc1ccccc1C(N)=O.C[Si](C)(C)Cl. The van der Waals surface area contributed by atoms with Crippen molar-refractivity contribution in [2.45, 2.75) is 39.9 Å². The van der Waals surface area contributed by atoms with Gasteiger partial charge in [0.25, 0.3) is 5.97 Å². The summed E-state index contributed by atoms with van der Waals surface area (Å²) in [5.74, 6) is -1.18. The number of rotatable bonds is 2. The number of carbonyl (C=O) groups is 2. The zero-order chi connectivity index (χ0) is 16.3. The minimum absolute atomic E-state index is 0.345. The fourth-order valence-electron chi connectivity index (χ4n) is 1.07. The highest BCUT2D eigenvalue weighted by atomic mass is 35.6. The number of nitrogens with two attached hydrogens (primary N) is 1. The summed E-state index contributed by atoms with van der Waals surface area (Å²) in [6.07, 6.45) is 0.846. The van der Waals surface area contributed by atoms with Crippen LogP contribution in [0.1, 0.15) is 29.8 Å². The first-order valence-corrected chi connectivity index (χ1v) is 10.8. The van der Waals surface area contributed by atoms with Gasteiger partial charge in [-0.05, 0) is 18.1 Å². The molecule has 1 aromatic carbocycles. The maximum atomic E-state index is 10.8. The summed E-state index contributed by atoms with van der Waals surface area (Å²) in [6, 6.07) is 7.39. The second-order valence-corrected chi connectivity index (χ2v) is 12.5. The standard InChI is InChI=1S/C9H11NO.C3H9ClSi.C2H4O2/c1-2-7-5-3-4-6-8(7)9(10)11;1-5(2,3)4;1-2(3)4/h3-6H,2H2,1H3,(H2,10,11);1-3H3;1H3,(H,3,4). The van der Waals surface area contributed by atoms with Gasteiger partial charge in [0.1, 0.15) is 7.38 Å². The maximum Gasteiger partial charge on any atom is 0.300 e. The highest BCUT2D eigenvalue weighted by Gasteiger charge is 2.04. The van der Waals surface area contributed by atoms with E-state index in [1.807, 2.05) is 25.1 Å². The van der Waals surface area contributed by atoms with Crippen LogP contribution in [0, 0.1) is 0 Å². The Labute approximate surface area is 126 Å². The molecule has 0 atom stereocenters. The van der Waals surface area contributed by atoms with Crippen molar-refractivity contribution in [1.82, 2.24) is 0 Å². The number of carboxylic acids is 1. The summed E-state index contributed by atoms with van der Waals surface area (Å²) in [7, 11) is -1.14. The Kier molecular flexibility index (Phi) is 11.0. The molecule has 1 rings (SSSR count). The molecule has 1 amide bonds. The minimum atomic E-state index is -1.14. The third-order valence-corrected chi connectivity index (χ3v) is 1.66. The number of hydrogen-bond donors (Lipinski definition) is 2. The van der Waals surface area contributed by atoms with Crippen molar-refractivity contribution in [3.05, 3.63) is 35.4 Å². The Morgan fingerprint density at radius 2 is 1.60 bits per heavy atom. The quantitative estimate of drug-likeness (QED) is 0.647. The molecular weight excluding hydrogens is 294 g/mol. The minimum Gasteiger partial charge on any atom is -0.481 e. The zero-order valence-electron chi connectivity index (χ0n) is 12.7. The topological polar surface area (TPSA) is 80.4 Å². The summed E-state index contributed by atoms with van der Waals surface area (Å²) < 4.78 is 0. The maximum absolute atomic E-state index is 10.8. The summed E-state index contributed by atoms with van der Waals surface area (Å²) in [5.41, 5.74) is 6.80. The lowest BCUT2D eigenvalue weighted by atomic mass is 10.1. The number of halogens is 1. The van der Waals surface area contributed by atoms with Crippen LogP contribution in [0.5, 0.6) is 0 Å². The fraction of sp³-hybridized carbons (Fsp3) is 0.429. The van der Waals surface area contributed by atoms with Gasteiger partial charge in [0.05, 0.1) is 0 Å². The van der Waals surface area contributed by atoms with E-state index in [9.17, 15) is 4.79 Å². The summed E-state index contributed by atoms with van der Waals surface area (Å²) in [4.78, 5) is 19.8. The lowest BCUT2D eigenvalue weighted by Crippen LogP contribution is -2.13. The Morgan fingerprint density at radius 1 is 1.25 bits per heavy atom. The van der Waals surface area contributed by atoms with Crippen molar-refractivity contribution in [2.24, 2.45) is 5.73 Å². The molecule has 114 valence electrons. The first-order valence-electron chi connectivity index (χ1n) is 6.25. The molecule has 4 nitrogen and oxygen atoms in total. The monoisotopic (exact) mass is 317 g/mol.